The van der Waals surface area contributed by atoms with Crippen molar-refractivity contribution in [3.05, 3.63) is 28.4 Å². The number of nitrogens with zero attached hydrogens (tertiary/aromatic N) is 7. The molecule has 3 aromatic heterocycles. The second kappa shape index (κ2) is 8.47. The van der Waals surface area contributed by atoms with Crippen molar-refractivity contribution in [3.8, 4) is 0 Å². The summed E-state index contributed by atoms with van der Waals surface area (Å²) in [4.78, 5) is 17.6. The number of aromatic nitrogens is 5. The van der Waals surface area contributed by atoms with E-state index in [1.165, 1.54) is 28.7 Å². The largest absolute Gasteiger partial charge is 0.355 e. The van der Waals surface area contributed by atoms with Crippen LogP contribution in [0.15, 0.2) is 6.33 Å². The van der Waals surface area contributed by atoms with E-state index in [1.807, 2.05) is 17.7 Å². The number of thiophene rings is 1. The number of hydrogen-bond acceptors (Lipinski definition) is 7. The first-order valence-corrected chi connectivity index (χ1v) is 12.5. The highest BCUT2D eigenvalue weighted by Gasteiger charge is 2.29. The Kier molecular flexibility index (Phi) is 5.69. The standard InChI is InChI=1S/C23H33N7S/c1-15(2)30-14-24-27-21(30)18-8-7-11-29(12-18)22-20-16(3)17(4)31-23(20)26-19(25-22)13-28-9-5-6-10-28/h14-15,18H,5-13H2,1-4H3. The number of piperidine rings is 1. The van der Waals surface area contributed by atoms with E-state index in [9.17, 15) is 0 Å². The Labute approximate surface area is 188 Å². The van der Waals surface area contributed by atoms with Gasteiger partial charge < -0.3 is 9.47 Å². The molecule has 8 heteroatoms. The number of hydrogen-bond donors (Lipinski definition) is 0. The van der Waals surface area contributed by atoms with Crippen LogP contribution in [0, 0.1) is 13.8 Å². The predicted octanol–water partition coefficient (Wildman–Crippen LogP) is 4.46. The average Bonchev–Trinajstić information content (AvgIpc) is 3.49. The first kappa shape index (κ1) is 20.8. The van der Waals surface area contributed by atoms with E-state index in [2.05, 4.69) is 52.3 Å². The van der Waals surface area contributed by atoms with Gasteiger partial charge in [-0.3, -0.25) is 4.90 Å². The van der Waals surface area contributed by atoms with Gasteiger partial charge in [0.15, 0.2) is 0 Å². The molecule has 0 spiro atoms. The maximum absolute atomic E-state index is 5.17. The molecule has 2 saturated heterocycles. The van der Waals surface area contributed by atoms with Crippen molar-refractivity contribution in [2.45, 2.75) is 71.9 Å². The highest BCUT2D eigenvalue weighted by atomic mass is 32.1. The van der Waals surface area contributed by atoms with Gasteiger partial charge in [-0.05, 0) is 72.0 Å². The second-order valence-corrected chi connectivity index (χ2v) is 10.6. The molecule has 31 heavy (non-hydrogen) atoms. The molecule has 0 saturated carbocycles. The van der Waals surface area contributed by atoms with Gasteiger partial charge in [0, 0.05) is 29.9 Å². The molecule has 5 rings (SSSR count). The van der Waals surface area contributed by atoms with Crippen LogP contribution in [-0.4, -0.2) is 55.8 Å². The first-order valence-electron chi connectivity index (χ1n) is 11.6. The van der Waals surface area contributed by atoms with Crippen LogP contribution in [0.5, 0.6) is 0 Å². The van der Waals surface area contributed by atoms with Crippen LogP contribution >= 0.6 is 11.3 Å². The maximum atomic E-state index is 5.17. The van der Waals surface area contributed by atoms with Crippen molar-refractivity contribution in [1.29, 1.82) is 0 Å². The summed E-state index contributed by atoms with van der Waals surface area (Å²) in [6.45, 7) is 14.0. The quantitative estimate of drug-likeness (QED) is 0.585. The van der Waals surface area contributed by atoms with Crippen LogP contribution in [0.1, 0.15) is 73.6 Å². The second-order valence-electron chi connectivity index (χ2n) is 9.39. The summed E-state index contributed by atoms with van der Waals surface area (Å²) in [5.41, 5.74) is 1.33. The van der Waals surface area contributed by atoms with E-state index in [0.717, 1.165) is 67.9 Å². The predicted molar refractivity (Wildman–Crippen MR) is 126 cm³/mol. The highest BCUT2D eigenvalue weighted by molar-refractivity contribution is 7.18. The van der Waals surface area contributed by atoms with E-state index in [1.54, 1.807) is 0 Å². The van der Waals surface area contributed by atoms with Crippen LogP contribution in [0.3, 0.4) is 0 Å². The third kappa shape index (κ3) is 3.96. The van der Waals surface area contributed by atoms with E-state index in [-0.39, 0.29) is 0 Å². The van der Waals surface area contributed by atoms with Gasteiger partial charge in [-0.15, -0.1) is 21.5 Å². The molecule has 0 amide bonds. The molecule has 1 atom stereocenters. The Morgan fingerprint density at radius 1 is 1.10 bits per heavy atom. The van der Waals surface area contributed by atoms with Gasteiger partial charge in [-0.1, -0.05) is 0 Å². The SMILES string of the molecule is Cc1sc2nc(CN3CCCC3)nc(N3CCCC(c4nncn4C(C)C)C3)c2c1C. The lowest BCUT2D eigenvalue weighted by Gasteiger charge is -2.34. The van der Waals surface area contributed by atoms with E-state index < -0.39 is 0 Å². The van der Waals surface area contributed by atoms with Crippen LogP contribution in [0.2, 0.25) is 0 Å². The minimum Gasteiger partial charge on any atom is -0.355 e. The van der Waals surface area contributed by atoms with Gasteiger partial charge in [-0.2, -0.15) is 0 Å². The van der Waals surface area contributed by atoms with Crippen molar-refractivity contribution in [3.63, 3.8) is 0 Å². The molecule has 0 bridgehead atoms. The lowest BCUT2D eigenvalue weighted by Crippen LogP contribution is -2.36. The van der Waals surface area contributed by atoms with Gasteiger partial charge in [-0.25, -0.2) is 9.97 Å². The van der Waals surface area contributed by atoms with E-state index >= 15 is 0 Å². The topological polar surface area (TPSA) is 63.0 Å². The van der Waals surface area contributed by atoms with Crippen LogP contribution in [0.4, 0.5) is 5.82 Å². The number of likely N-dealkylation sites (tertiary alicyclic amines) is 1. The average molecular weight is 440 g/mol. The molecule has 2 aliphatic heterocycles. The van der Waals surface area contributed by atoms with Crippen LogP contribution in [0.25, 0.3) is 10.2 Å². The Bertz CT molecular complexity index is 1060. The summed E-state index contributed by atoms with van der Waals surface area (Å²) in [6, 6.07) is 0.375. The molecule has 0 aromatic carbocycles. The molecule has 2 fully saturated rings. The van der Waals surface area contributed by atoms with E-state index in [4.69, 9.17) is 9.97 Å². The van der Waals surface area contributed by atoms with Gasteiger partial charge in [0.05, 0.1) is 11.9 Å². The molecule has 0 N–H and O–H groups in total. The fourth-order valence-corrected chi connectivity index (χ4v) is 6.08. The molecular weight excluding hydrogens is 406 g/mol. The maximum Gasteiger partial charge on any atom is 0.146 e. The lowest BCUT2D eigenvalue weighted by molar-refractivity contribution is 0.323. The Morgan fingerprint density at radius 2 is 1.90 bits per heavy atom. The van der Waals surface area contributed by atoms with Gasteiger partial charge in [0.25, 0.3) is 0 Å². The summed E-state index contributed by atoms with van der Waals surface area (Å²) >= 11 is 1.81. The Morgan fingerprint density at radius 3 is 2.68 bits per heavy atom. The summed E-state index contributed by atoms with van der Waals surface area (Å²) in [5.74, 6) is 3.59. The molecule has 0 aliphatic carbocycles. The summed E-state index contributed by atoms with van der Waals surface area (Å²) < 4.78 is 2.22. The molecule has 5 heterocycles. The molecular formula is C23H33N7S. The van der Waals surface area contributed by atoms with Gasteiger partial charge in [0.1, 0.15) is 28.6 Å². The Hall–Kier alpha value is -2.06. The van der Waals surface area contributed by atoms with Crippen molar-refractivity contribution in [1.82, 2.24) is 29.6 Å². The third-order valence-corrected chi connectivity index (χ3v) is 7.96. The van der Waals surface area contributed by atoms with Gasteiger partial charge in [0.2, 0.25) is 0 Å². The molecule has 7 nitrogen and oxygen atoms in total. The monoisotopic (exact) mass is 439 g/mol. The molecule has 0 radical (unpaired) electrons. The highest BCUT2D eigenvalue weighted by Crippen LogP contribution is 2.38. The lowest BCUT2D eigenvalue weighted by atomic mass is 9.96. The fraction of sp³-hybridized carbons (Fsp3) is 0.652. The normalized spacial score (nSPS) is 20.4. The molecule has 3 aromatic rings. The summed E-state index contributed by atoms with van der Waals surface area (Å²) in [5, 5.41) is 9.98. The zero-order chi connectivity index (χ0) is 21.5. The summed E-state index contributed by atoms with van der Waals surface area (Å²) in [6.07, 6.45) is 6.75. The fourth-order valence-electron chi connectivity index (χ4n) is 5.03. The number of anilines is 1. The number of aryl methyl sites for hydroxylation is 2. The van der Waals surface area contributed by atoms with Gasteiger partial charge >= 0.3 is 0 Å². The molecule has 2 aliphatic rings. The number of fused-ring (bicyclic) bond motifs is 1. The zero-order valence-corrected chi connectivity index (χ0v) is 20.0. The molecule has 1 unspecified atom stereocenters. The zero-order valence-electron chi connectivity index (χ0n) is 19.1. The number of rotatable bonds is 5. The minimum absolute atomic E-state index is 0.375. The molecule has 166 valence electrons. The third-order valence-electron chi connectivity index (χ3n) is 6.86. The summed E-state index contributed by atoms with van der Waals surface area (Å²) in [7, 11) is 0. The van der Waals surface area contributed by atoms with Crippen molar-refractivity contribution in [2.75, 3.05) is 31.1 Å². The van der Waals surface area contributed by atoms with Crippen molar-refractivity contribution < 1.29 is 0 Å². The first-order chi connectivity index (χ1) is 15.0. The van der Waals surface area contributed by atoms with Crippen molar-refractivity contribution in [2.24, 2.45) is 0 Å². The minimum atomic E-state index is 0.375. The van der Waals surface area contributed by atoms with Crippen molar-refractivity contribution >= 4 is 27.4 Å². The Balaban J connectivity index is 1.50. The van der Waals surface area contributed by atoms with E-state index in [0.29, 0.717) is 12.0 Å². The van der Waals surface area contributed by atoms with Crippen LogP contribution < -0.4 is 4.90 Å². The van der Waals surface area contributed by atoms with Crippen LogP contribution in [-0.2, 0) is 6.54 Å². The smallest absolute Gasteiger partial charge is 0.146 e.